The summed E-state index contributed by atoms with van der Waals surface area (Å²) >= 11 is 0. The molecule has 3 N–H and O–H groups in total. The van der Waals surface area contributed by atoms with E-state index in [1.54, 1.807) is 4.68 Å². The molecular formula is C10H17N5O2. The van der Waals surface area contributed by atoms with Gasteiger partial charge in [-0.05, 0) is 42.5 Å². The first-order valence-electron chi connectivity index (χ1n) is 5.82. The number of rotatable bonds is 4. The molecule has 0 bridgehead atoms. The maximum atomic E-state index is 11.4. The molecule has 7 heteroatoms. The number of nitrogens with zero attached hydrogens (tertiary/aromatic N) is 4. The summed E-state index contributed by atoms with van der Waals surface area (Å²) in [7, 11) is 0. The summed E-state index contributed by atoms with van der Waals surface area (Å²) in [5.41, 5.74) is 5.17. The van der Waals surface area contributed by atoms with Gasteiger partial charge in [-0.2, -0.15) is 0 Å². The molecule has 1 fully saturated rings. The van der Waals surface area contributed by atoms with Gasteiger partial charge >= 0.3 is 5.97 Å². The van der Waals surface area contributed by atoms with E-state index < -0.39 is 11.4 Å². The summed E-state index contributed by atoms with van der Waals surface area (Å²) in [4.78, 5) is 11.4. The van der Waals surface area contributed by atoms with Gasteiger partial charge in [0.05, 0.1) is 5.41 Å². The first kappa shape index (κ1) is 12.0. The molecular weight excluding hydrogens is 222 g/mol. The van der Waals surface area contributed by atoms with E-state index in [0.717, 1.165) is 12.8 Å². The van der Waals surface area contributed by atoms with Crippen LogP contribution >= 0.6 is 0 Å². The van der Waals surface area contributed by atoms with Crippen LogP contribution in [0.5, 0.6) is 0 Å². The molecule has 2 rings (SSSR count). The highest BCUT2D eigenvalue weighted by molar-refractivity contribution is 5.74. The molecule has 0 aromatic carbocycles. The summed E-state index contributed by atoms with van der Waals surface area (Å²) in [6.45, 7) is 0.536. The zero-order chi connectivity index (χ0) is 12.3. The summed E-state index contributed by atoms with van der Waals surface area (Å²) in [5, 5.41) is 20.2. The minimum Gasteiger partial charge on any atom is -0.481 e. The van der Waals surface area contributed by atoms with Crippen molar-refractivity contribution >= 4 is 5.97 Å². The smallest absolute Gasteiger partial charge is 0.309 e. The number of hydrogen-bond acceptors (Lipinski definition) is 5. The molecule has 94 valence electrons. The van der Waals surface area contributed by atoms with Gasteiger partial charge in [0, 0.05) is 12.6 Å². The molecule has 17 heavy (non-hydrogen) atoms. The molecule has 1 aromatic heterocycles. The number of carboxylic acids is 1. The van der Waals surface area contributed by atoms with Crippen molar-refractivity contribution in [1.29, 1.82) is 0 Å². The maximum absolute atomic E-state index is 11.4. The number of nitrogens with two attached hydrogens (primary N) is 1. The van der Waals surface area contributed by atoms with Crippen LogP contribution in [-0.2, 0) is 11.3 Å². The third-order valence-corrected chi connectivity index (χ3v) is 3.65. The first-order valence-corrected chi connectivity index (χ1v) is 5.82. The Kier molecular flexibility index (Phi) is 3.37. The Morgan fingerprint density at radius 3 is 2.76 bits per heavy atom. The maximum Gasteiger partial charge on any atom is 0.309 e. The van der Waals surface area contributed by atoms with Crippen LogP contribution in [0.1, 0.15) is 32.1 Å². The van der Waals surface area contributed by atoms with Crippen molar-refractivity contribution in [3.63, 3.8) is 0 Å². The van der Waals surface area contributed by atoms with Gasteiger partial charge in [-0.15, -0.1) is 5.10 Å². The van der Waals surface area contributed by atoms with Crippen LogP contribution in [0.15, 0.2) is 6.33 Å². The molecule has 0 aliphatic heterocycles. The van der Waals surface area contributed by atoms with Gasteiger partial charge in [0.25, 0.3) is 0 Å². The molecule has 0 radical (unpaired) electrons. The zero-order valence-corrected chi connectivity index (χ0v) is 9.62. The molecule has 0 unspecified atom stereocenters. The molecule has 1 aliphatic rings. The molecule has 7 nitrogen and oxygen atoms in total. The standard InChI is InChI=1S/C10H17N5O2/c11-8-1-3-10(4-2-8,9(16)17)5-6-15-7-12-13-14-15/h7-8H,1-6,11H2,(H,16,17). The van der Waals surface area contributed by atoms with E-state index in [1.165, 1.54) is 6.33 Å². The average Bonchev–Trinajstić information content (AvgIpc) is 2.81. The van der Waals surface area contributed by atoms with Crippen LogP contribution in [0.3, 0.4) is 0 Å². The number of hydrogen-bond donors (Lipinski definition) is 2. The molecule has 0 atom stereocenters. The third-order valence-electron chi connectivity index (χ3n) is 3.65. The minimum absolute atomic E-state index is 0.149. The second-order valence-electron chi connectivity index (χ2n) is 4.75. The van der Waals surface area contributed by atoms with Crippen molar-refractivity contribution in [3.05, 3.63) is 6.33 Å². The fraction of sp³-hybridized carbons (Fsp3) is 0.800. The summed E-state index contributed by atoms with van der Waals surface area (Å²) in [6, 6.07) is 0.149. The summed E-state index contributed by atoms with van der Waals surface area (Å²) in [5.74, 6) is -0.725. The van der Waals surface area contributed by atoms with Crippen LogP contribution < -0.4 is 5.73 Å². The number of carboxylic acid groups (broad SMARTS) is 1. The highest BCUT2D eigenvalue weighted by Gasteiger charge is 2.40. The quantitative estimate of drug-likeness (QED) is 0.768. The van der Waals surface area contributed by atoms with Crippen molar-refractivity contribution in [1.82, 2.24) is 20.2 Å². The van der Waals surface area contributed by atoms with E-state index in [4.69, 9.17) is 5.73 Å². The predicted octanol–water partition coefficient (Wildman–Crippen LogP) is 0.0355. The van der Waals surface area contributed by atoms with E-state index >= 15 is 0 Å². The van der Waals surface area contributed by atoms with Crippen molar-refractivity contribution in [2.45, 2.75) is 44.7 Å². The van der Waals surface area contributed by atoms with Gasteiger partial charge in [0.15, 0.2) is 0 Å². The van der Waals surface area contributed by atoms with Crippen LogP contribution in [0, 0.1) is 5.41 Å². The van der Waals surface area contributed by atoms with E-state index in [1.807, 2.05) is 0 Å². The van der Waals surface area contributed by atoms with Gasteiger partial charge < -0.3 is 10.8 Å². The number of carbonyl (C=O) groups is 1. The molecule has 1 aliphatic carbocycles. The highest BCUT2D eigenvalue weighted by atomic mass is 16.4. The first-order chi connectivity index (χ1) is 8.12. The zero-order valence-electron chi connectivity index (χ0n) is 9.62. The Labute approximate surface area is 99.0 Å². The molecule has 0 spiro atoms. The number of tetrazole rings is 1. The lowest BCUT2D eigenvalue weighted by atomic mass is 9.70. The second kappa shape index (κ2) is 4.79. The van der Waals surface area contributed by atoms with Gasteiger partial charge in [0.2, 0.25) is 0 Å². The molecule has 0 amide bonds. The van der Waals surface area contributed by atoms with Crippen LogP contribution in [0.2, 0.25) is 0 Å². The van der Waals surface area contributed by atoms with Gasteiger partial charge in [-0.3, -0.25) is 4.79 Å². The lowest BCUT2D eigenvalue weighted by Crippen LogP contribution is -2.40. The lowest BCUT2D eigenvalue weighted by molar-refractivity contribution is -0.152. The minimum atomic E-state index is -0.725. The Morgan fingerprint density at radius 2 is 2.24 bits per heavy atom. The summed E-state index contributed by atoms with van der Waals surface area (Å²) in [6.07, 6.45) is 4.91. The Hall–Kier alpha value is -1.50. The number of aromatic nitrogens is 4. The van der Waals surface area contributed by atoms with Crippen molar-refractivity contribution in [2.75, 3.05) is 0 Å². The van der Waals surface area contributed by atoms with Crippen LogP contribution in [0.4, 0.5) is 0 Å². The Morgan fingerprint density at radius 1 is 1.53 bits per heavy atom. The topological polar surface area (TPSA) is 107 Å². The van der Waals surface area contributed by atoms with Gasteiger partial charge in [0.1, 0.15) is 6.33 Å². The van der Waals surface area contributed by atoms with E-state index in [-0.39, 0.29) is 6.04 Å². The van der Waals surface area contributed by atoms with Crippen molar-refractivity contribution in [3.8, 4) is 0 Å². The van der Waals surface area contributed by atoms with E-state index in [0.29, 0.717) is 25.8 Å². The molecule has 1 heterocycles. The number of aliphatic carboxylic acids is 1. The van der Waals surface area contributed by atoms with Crippen LogP contribution in [-0.4, -0.2) is 37.3 Å². The monoisotopic (exact) mass is 239 g/mol. The lowest BCUT2D eigenvalue weighted by Gasteiger charge is -2.35. The fourth-order valence-electron chi connectivity index (χ4n) is 2.37. The van der Waals surface area contributed by atoms with E-state index in [9.17, 15) is 9.90 Å². The van der Waals surface area contributed by atoms with Crippen LogP contribution in [0.25, 0.3) is 0 Å². The molecule has 1 aromatic rings. The van der Waals surface area contributed by atoms with Gasteiger partial charge in [-0.25, -0.2) is 4.68 Å². The van der Waals surface area contributed by atoms with E-state index in [2.05, 4.69) is 15.5 Å². The largest absolute Gasteiger partial charge is 0.481 e. The average molecular weight is 239 g/mol. The normalized spacial score (nSPS) is 29.1. The van der Waals surface area contributed by atoms with Gasteiger partial charge in [-0.1, -0.05) is 0 Å². The second-order valence-corrected chi connectivity index (χ2v) is 4.75. The molecule has 0 saturated heterocycles. The highest BCUT2D eigenvalue weighted by Crippen LogP contribution is 2.39. The molecule has 1 saturated carbocycles. The Bertz CT molecular complexity index is 370. The van der Waals surface area contributed by atoms with Crippen molar-refractivity contribution < 1.29 is 9.90 Å². The SMILES string of the molecule is NC1CCC(CCn2cnnn2)(C(=O)O)CC1. The summed E-state index contributed by atoms with van der Waals surface area (Å²) < 4.78 is 1.57. The fourth-order valence-corrected chi connectivity index (χ4v) is 2.37. The number of aryl methyl sites for hydroxylation is 1. The Balaban J connectivity index is 2.00. The van der Waals surface area contributed by atoms with Crippen molar-refractivity contribution in [2.24, 2.45) is 11.1 Å². The predicted molar refractivity (Wildman–Crippen MR) is 58.9 cm³/mol. The third kappa shape index (κ3) is 2.60.